The first-order valence-electron chi connectivity index (χ1n) is 6.90. The minimum atomic E-state index is 0.00557. The zero-order valence-electron chi connectivity index (χ0n) is 10.9. The molecular formula is C14H24N2O. The molecule has 0 aromatic heterocycles. The highest BCUT2D eigenvalue weighted by molar-refractivity contribution is 5.33. The van der Waals surface area contributed by atoms with E-state index in [1.54, 1.807) is 0 Å². The molecule has 17 heavy (non-hydrogen) atoms. The fourth-order valence-electron chi connectivity index (χ4n) is 4.52. The molecule has 96 valence electrons. The van der Waals surface area contributed by atoms with Gasteiger partial charge in [-0.05, 0) is 51.6 Å². The van der Waals surface area contributed by atoms with E-state index in [1.165, 1.54) is 12.8 Å². The highest BCUT2D eigenvalue weighted by Gasteiger charge is 2.59. The van der Waals surface area contributed by atoms with Gasteiger partial charge in [-0.3, -0.25) is 5.32 Å². The third-order valence-corrected chi connectivity index (χ3v) is 5.25. The first kappa shape index (κ1) is 11.7. The maximum absolute atomic E-state index is 9.77. The summed E-state index contributed by atoms with van der Waals surface area (Å²) in [5.74, 6) is 1.63. The second-order valence-corrected chi connectivity index (χ2v) is 6.45. The summed E-state index contributed by atoms with van der Waals surface area (Å²) < 4.78 is 0. The summed E-state index contributed by atoms with van der Waals surface area (Å²) in [6, 6.07) is 0. The van der Waals surface area contributed by atoms with Gasteiger partial charge in [-0.25, -0.2) is 0 Å². The Morgan fingerprint density at radius 2 is 2.06 bits per heavy atom. The van der Waals surface area contributed by atoms with Crippen molar-refractivity contribution < 1.29 is 5.11 Å². The Bertz CT molecular complexity index is 337. The summed E-state index contributed by atoms with van der Waals surface area (Å²) >= 11 is 0. The number of aliphatic hydroxyl groups excluding tert-OH is 1. The van der Waals surface area contributed by atoms with E-state index in [-0.39, 0.29) is 11.1 Å². The molecule has 3 N–H and O–H groups in total. The third kappa shape index (κ3) is 1.60. The van der Waals surface area contributed by atoms with E-state index in [0.717, 1.165) is 13.1 Å². The van der Waals surface area contributed by atoms with E-state index in [2.05, 4.69) is 36.6 Å². The number of nitrogens with one attached hydrogen (secondary N) is 2. The summed E-state index contributed by atoms with van der Waals surface area (Å²) in [5.41, 5.74) is 0.0947. The van der Waals surface area contributed by atoms with Crippen LogP contribution < -0.4 is 10.6 Å². The SMILES string of the molecule is CC12C=CC(C)(N1)C(C1CCCNC1)C2CO. The van der Waals surface area contributed by atoms with Crippen LogP contribution in [0.15, 0.2) is 12.2 Å². The molecule has 5 unspecified atom stereocenters. The predicted molar refractivity (Wildman–Crippen MR) is 68.7 cm³/mol. The maximum atomic E-state index is 9.77. The number of hydrogen-bond donors (Lipinski definition) is 3. The van der Waals surface area contributed by atoms with Crippen molar-refractivity contribution in [2.24, 2.45) is 17.8 Å². The molecule has 0 aromatic rings. The van der Waals surface area contributed by atoms with Gasteiger partial charge < -0.3 is 10.4 Å². The Morgan fingerprint density at radius 3 is 2.71 bits per heavy atom. The van der Waals surface area contributed by atoms with E-state index in [4.69, 9.17) is 0 Å². The lowest BCUT2D eigenvalue weighted by Crippen LogP contribution is -2.47. The largest absolute Gasteiger partial charge is 0.396 e. The summed E-state index contributed by atoms with van der Waals surface area (Å²) in [6.45, 7) is 7.09. The Kier molecular flexibility index (Phi) is 2.62. The smallest absolute Gasteiger partial charge is 0.0483 e. The topological polar surface area (TPSA) is 44.3 Å². The normalized spacial score (nSPS) is 53.2. The van der Waals surface area contributed by atoms with Crippen molar-refractivity contribution in [1.29, 1.82) is 0 Å². The molecule has 0 amide bonds. The first-order valence-corrected chi connectivity index (χ1v) is 6.90. The van der Waals surface area contributed by atoms with Gasteiger partial charge in [0, 0.05) is 23.6 Å². The van der Waals surface area contributed by atoms with Crippen LogP contribution in [0.2, 0.25) is 0 Å². The van der Waals surface area contributed by atoms with Crippen molar-refractivity contribution in [3.63, 3.8) is 0 Å². The molecule has 0 spiro atoms. The summed E-state index contributed by atoms with van der Waals surface area (Å²) in [5, 5.41) is 17.0. The van der Waals surface area contributed by atoms with Crippen LogP contribution in [0.25, 0.3) is 0 Å². The van der Waals surface area contributed by atoms with Crippen LogP contribution in [0.1, 0.15) is 26.7 Å². The minimum Gasteiger partial charge on any atom is -0.396 e. The fourth-order valence-corrected chi connectivity index (χ4v) is 4.52. The Morgan fingerprint density at radius 1 is 1.29 bits per heavy atom. The minimum absolute atomic E-state index is 0.00557. The molecule has 3 heterocycles. The average molecular weight is 236 g/mol. The molecule has 2 saturated heterocycles. The second-order valence-electron chi connectivity index (χ2n) is 6.45. The van der Waals surface area contributed by atoms with Gasteiger partial charge >= 0.3 is 0 Å². The number of aliphatic hydroxyl groups is 1. The highest BCUT2D eigenvalue weighted by atomic mass is 16.3. The third-order valence-electron chi connectivity index (χ3n) is 5.25. The highest BCUT2D eigenvalue weighted by Crippen LogP contribution is 2.51. The molecule has 3 nitrogen and oxygen atoms in total. The van der Waals surface area contributed by atoms with Gasteiger partial charge in [0.15, 0.2) is 0 Å². The molecule has 3 aliphatic heterocycles. The van der Waals surface area contributed by atoms with E-state index in [0.29, 0.717) is 24.4 Å². The van der Waals surface area contributed by atoms with Gasteiger partial charge in [0.1, 0.15) is 0 Å². The van der Waals surface area contributed by atoms with Gasteiger partial charge in [-0.15, -0.1) is 0 Å². The van der Waals surface area contributed by atoms with E-state index >= 15 is 0 Å². The van der Waals surface area contributed by atoms with E-state index < -0.39 is 0 Å². The van der Waals surface area contributed by atoms with Gasteiger partial charge in [0.2, 0.25) is 0 Å². The van der Waals surface area contributed by atoms with Crippen LogP contribution in [-0.4, -0.2) is 35.9 Å². The van der Waals surface area contributed by atoms with Crippen LogP contribution in [0.4, 0.5) is 0 Å². The number of piperidine rings is 1. The number of rotatable bonds is 2. The van der Waals surface area contributed by atoms with Crippen molar-refractivity contribution in [2.75, 3.05) is 19.7 Å². The fraction of sp³-hybridized carbons (Fsp3) is 0.857. The Balaban J connectivity index is 1.89. The summed E-state index contributed by atoms with van der Waals surface area (Å²) in [6.07, 6.45) is 7.17. The Hall–Kier alpha value is -0.380. The lowest BCUT2D eigenvalue weighted by atomic mass is 9.65. The van der Waals surface area contributed by atoms with Crippen molar-refractivity contribution >= 4 is 0 Å². The molecule has 3 aliphatic rings. The van der Waals surface area contributed by atoms with Crippen LogP contribution in [0.3, 0.4) is 0 Å². The molecule has 5 atom stereocenters. The van der Waals surface area contributed by atoms with Gasteiger partial charge in [0.05, 0.1) is 0 Å². The maximum Gasteiger partial charge on any atom is 0.0483 e. The van der Waals surface area contributed by atoms with Gasteiger partial charge in [-0.1, -0.05) is 12.2 Å². The van der Waals surface area contributed by atoms with E-state index in [9.17, 15) is 5.11 Å². The van der Waals surface area contributed by atoms with Crippen LogP contribution in [-0.2, 0) is 0 Å². The number of hydrogen-bond acceptors (Lipinski definition) is 3. The molecule has 2 bridgehead atoms. The summed E-state index contributed by atoms with van der Waals surface area (Å²) in [7, 11) is 0. The Labute approximate surface area is 104 Å². The quantitative estimate of drug-likeness (QED) is 0.624. The molecule has 0 aromatic carbocycles. The monoisotopic (exact) mass is 236 g/mol. The molecule has 2 fully saturated rings. The van der Waals surface area contributed by atoms with Crippen LogP contribution in [0.5, 0.6) is 0 Å². The standard InChI is InChI=1S/C14H24N2O/c1-13-5-6-14(2,16-13)12(11(13)9-17)10-4-3-7-15-8-10/h5-6,10-12,15-17H,3-4,7-9H2,1-2H3. The van der Waals surface area contributed by atoms with Crippen molar-refractivity contribution in [2.45, 2.75) is 37.8 Å². The molecule has 0 aliphatic carbocycles. The van der Waals surface area contributed by atoms with Crippen molar-refractivity contribution in [3.8, 4) is 0 Å². The van der Waals surface area contributed by atoms with E-state index in [1.807, 2.05) is 0 Å². The predicted octanol–water partition coefficient (Wildman–Crippen LogP) is 0.901. The van der Waals surface area contributed by atoms with Gasteiger partial charge in [0.25, 0.3) is 0 Å². The zero-order chi connectivity index (χ0) is 12.1. The molecular weight excluding hydrogens is 212 g/mol. The molecule has 0 radical (unpaired) electrons. The van der Waals surface area contributed by atoms with Crippen LogP contribution in [0, 0.1) is 17.8 Å². The summed E-state index contributed by atoms with van der Waals surface area (Å²) in [4.78, 5) is 0. The first-order chi connectivity index (χ1) is 8.09. The van der Waals surface area contributed by atoms with Crippen LogP contribution >= 0.6 is 0 Å². The van der Waals surface area contributed by atoms with Crippen molar-refractivity contribution in [3.05, 3.63) is 12.2 Å². The zero-order valence-corrected chi connectivity index (χ0v) is 10.9. The lowest BCUT2D eigenvalue weighted by Gasteiger charge is -2.41. The molecule has 0 saturated carbocycles. The molecule has 3 heteroatoms. The molecule has 3 rings (SSSR count). The second kappa shape index (κ2) is 3.81. The lowest BCUT2D eigenvalue weighted by molar-refractivity contribution is 0.100. The average Bonchev–Trinajstić information content (AvgIpc) is 2.75. The van der Waals surface area contributed by atoms with Crippen molar-refractivity contribution in [1.82, 2.24) is 10.6 Å². The van der Waals surface area contributed by atoms with Gasteiger partial charge in [-0.2, -0.15) is 0 Å². The number of fused-ring (bicyclic) bond motifs is 2.